The predicted octanol–water partition coefficient (Wildman–Crippen LogP) is 4.42. The van der Waals surface area contributed by atoms with Crippen molar-refractivity contribution in [1.29, 1.82) is 0 Å². The van der Waals surface area contributed by atoms with Gasteiger partial charge in [-0.15, -0.1) is 0 Å². The topological polar surface area (TPSA) is 36.9 Å². The number of ether oxygens (including phenoxy) is 1. The minimum atomic E-state index is -4.35. The minimum Gasteiger partial charge on any atom is -0.367 e. The number of nitrogens with one attached hydrogen (secondary N) is 1. The number of hydrazone groups is 1. The summed E-state index contributed by atoms with van der Waals surface area (Å²) in [6.45, 7) is 1.19. The molecule has 0 bridgehead atoms. The van der Waals surface area contributed by atoms with Crippen molar-refractivity contribution in [1.82, 2.24) is 10.3 Å². The predicted molar refractivity (Wildman–Crippen MR) is 93.6 cm³/mol. The number of hydrogen-bond acceptors (Lipinski definition) is 4. The standard InChI is InChI=1S/C18H17ClF3N3O/c19-16-4-2-1-3-15(16)17(9-25-12-23-11-24-25)26-10-13-5-7-14(8-6-13)18(20,21)22/h1-8,11,17H,9-10,12H2,(H,23,24). The minimum absolute atomic E-state index is 0.166. The number of rotatable bonds is 6. The zero-order valence-electron chi connectivity index (χ0n) is 13.7. The van der Waals surface area contributed by atoms with E-state index < -0.39 is 11.7 Å². The third-order valence-corrected chi connectivity index (χ3v) is 4.29. The average molecular weight is 384 g/mol. The Hall–Kier alpha value is -2.25. The summed E-state index contributed by atoms with van der Waals surface area (Å²) in [5.41, 5.74) is 0.780. The number of hydrogen-bond donors (Lipinski definition) is 1. The van der Waals surface area contributed by atoms with Crippen LogP contribution >= 0.6 is 11.6 Å². The second-order valence-corrected chi connectivity index (χ2v) is 6.22. The highest BCUT2D eigenvalue weighted by atomic mass is 35.5. The lowest BCUT2D eigenvalue weighted by molar-refractivity contribution is -0.137. The summed E-state index contributed by atoms with van der Waals surface area (Å²) in [6.07, 6.45) is -3.12. The fourth-order valence-corrected chi connectivity index (χ4v) is 2.83. The summed E-state index contributed by atoms with van der Waals surface area (Å²) in [6, 6.07) is 12.3. The second-order valence-electron chi connectivity index (χ2n) is 5.81. The molecule has 2 aromatic rings. The molecule has 2 aromatic carbocycles. The maximum Gasteiger partial charge on any atom is 0.416 e. The molecule has 1 aliphatic rings. The van der Waals surface area contributed by atoms with E-state index in [1.165, 1.54) is 12.1 Å². The van der Waals surface area contributed by atoms with Gasteiger partial charge in [-0.3, -0.25) is 5.01 Å². The SMILES string of the molecule is FC(F)(F)c1ccc(COC(CN2CNC=N2)c2ccccc2Cl)cc1. The van der Waals surface area contributed by atoms with E-state index in [1.807, 2.05) is 18.2 Å². The van der Waals surface area contributed by atoms with Crippen LogP contribution < -0.4 is 5.32 Å². The van der Waals surface area contributed by atoms with E-state index >= 15 is 0 Å². The van der Waals surface area contributed by atoms with Crippen LogP contribution in [0.1, 0.15) is 22.8 Å². The van der Waals surface area contributed by atoms with Gasteiger partial charge in [0.25, 0.3) is 0 Å². The molecule has 0 radical (unpaired) electrons. The molecule has 0 saturated carbocycles. The molecule has 1 atom stereocenters. The highest BCUT2D eigenvalue weighted by molar-refractivity contribution is 6.31. The summed E-state index contributed by atoms with van der Waals surface area (Å²) in [7, 11) is 0. The maximum atomic E-state index is 12.7. The molecule has 1 N–H and O–H groups in total. The van der Waals surface area contributed by atoms with Crippen LogP contribution in [0.5, 0.6) is 0 Å². The van der Waals surface area contributed by atoms with Gasteiger partial charge in [-0.05, 0) is 23.8 Å². The van der Waals surface area contributed by atoms with Crippen molar-refractivity contribution < 1.29 is 17.9 Å². The molecule has 1 heterocycles. The van der Waals surface area contributed by atoms with Gasteiger partial charge in [-0.2, -0.15) is 18.3 Å². The third-order valence-electron chi connectivity index (χ3n) is 3.95. The molecule has 3 rings (SSSR count). The van der Waals surface area contributed by atoms with Crippen molar-refractivity contribution in [3.8, 4) is 0 Å². The fraction of sp³-hybridized carbons (Fsp3) is 0.278. The van der Waals surface area contributed by atoms with Crippen LogP contribution in [-0.4, -0.2) is 24.6 Å². The smallest absolute Gasteiger partial charge is 0.367 e. The molecule has 0 aliphatic carbocycles. The van der Waals surface area contributed by atoms with Gasteiger partial charge in [0, 0.05) is 10.6 Å². The first-order valence-electron chi connectivity index (χ1n) is 7.96. The van der Waals surface area contributed by atoms with Crippen LogP contribution in [0.15, 0.2) is 53.6 Å². The monoisotopic (exact) mass is 383 g/mol. The Bertz CT molecular complexity index is 765. The molecular formula is C18H17ClF3N3O. The Morgan fingerprint density at radius 3 is 2.50 bits per heavy atom. The van der Waals surface area contributed by atoms with Crippen molar-refractivity contribution in [2.45, 2.75) is 18.9 Å². The molecule has 1 aliphatic heterocycles. The van der Waals surface area contributed by atoms with Crippen molar-refractivity contribution in [3.05, 3.63) is 70.2 Å². The molecule has 138 valence electrons. The van der Waals surface area contributed by atoms with Gasteiger partial charge >= 0.3 is 6.18 Å². The van der Waals surface area contributed by atoms with Gasteiger partial charge in [0.15, 0.2) is 0 Å². The van der Waals surface area contributed by atoms with Crippen molar-refractivity contribution >= 4 is 17.9 Å². The lowest BCUT2D eigenvalue weighted by atomic mass is 10.1. The zero-order valence-corrected chi connectivity index (χ0v) is 14.5. The highest BCUT2D eigenvalue weighted by Crippen LogP contribution is 2.30. The molecule has 4 nitrogen and oxygen atoms in total. The van der Waals surface area contributed by atoms with E-state index in [9.17, 15) is 13.2 Å². The summed E-state index contributed by atoms with van der Waals surface area (Å²) in [5.74, 6) is 0. The first-order valence-corrected chi connectivity index (χ1v) is 8.34. The van der Waals surface area contributed by atoms with Crippen LogP contribution in [0, 0.1) is 0 Å². The van der Waals surface area contributed by atoms with Gasteiger partial charge in [0.05, 0.1) is 18.7 Å². The quantitative estimate of drug-likeness (QED) is 0.802. The van der Waals surface area contributed by atoms with Crippen molar-refractivity contribution in [2.75, 3.05) is 13.2 Å². The Morgan fingerprint density at radius 2 is 1.88 bits per heavy atom. The van der Waals surface area contributed by atoms with E-state index in [-0.39, 0.29) is 12.7 Å². The summed E-state index contributed by atoms with van der Waals surface area (Å²) in [5, 5.41) is 9.51. The first-order chi connectivity index (χ1) is 12.4. The Morgan fingerprint density at radius 1 is 1.15 bits per heavy atom. The molecular weight excluding hydrogens is 367 g/mol. The van der Waals surface area contributed by atoms with Gasteiger partial charge in [0.1, 0.15) is 19.1 Å². The van der Waals surface area contributed by atoms with E-state index in [4.69, 9.17) is 16.3 Å². The number of halogens is 4. The highest BCUT2D eigenvalue weighted by Gasteiger charge is 2.30. The Kier molecular flexibility index (Phi) is 5.68. The molecule has 1 unspecified atom stereocenters. The summed E-state index contributed by atoms with van der Waals surface area (Å²) < 4.78 is 43.9. The molecule has 8 heteroatoms. The molecule has 0 aromatic heterocycles. The zero-order chi connectivity index (χ0) is 18.6. The van der Waals surface area contributed by atoms with Crippen LogP contribution in [0.4, 0.5) is 13.2 Å². The second kappa shape index (κ2) is 7.97. The first kappa shape index (κ1) is 18.5. The normalized spacial score (nSPS) is 15.2. The van der Waals surface area contributed by atoms with E-state index in [1.54, 1.807) is 17.4 Å². The van der Waals surface area contributed by atoms with Crippen LogP contribution in [0.2, 0.25) is 5.02 Å². The largest absolute Gasteiger partial charge is 0.416 e. The molecule has 0 fully saturated rings. The maximum absolute atomic E-state index is 12.7. The van der Waals surface area contributed by atoms with Crippen molar-refractivity contribution in [2.24, 2.45) is 5.10 Å². The lowest BCUT2D eigenvalue weighted by Crippen LogP contribution is -2.27. The van der Waals surface area contributed by atoms with Crippen molar-refractivity contribution in [3.63, 3.8) is 0 Å². The molecule has 0 amide bonds. The number of benzene rings is 2. The van der Waals surface area contributed by atoms with E-state index in [2.05, 4.69) is 10.4 Å². The van der Waals surface area contributed by atoms with Crippen LogP contribution in [0.3, 0.4) is 0 Å². The van der Waals surface area contributed by atoms with Gasteiger partial charge < -0.3 is 10.1 Å². The molecule has 26 heavy (non-hydrogen) atoms. The van der Waals surface area contributed by atoms with Gasteiger partial charge in [-0.1, -0.05) is 41.9 Å². The van der Waals surface area contributed by atoms with Gasteiger partial charge in [0.2, 0.25) is 0 Å². The Labute approximate surface area is 154 Å². The average Bonchev–Trinajstić information content (AvgIpc) is 3.12. The summed E-state index contributed by atoms with van der Waals surface area (Å²) >= 11 is 6.28. The molecule has 0 saturated heterocycles. The number of alkyl halides is 3. The fourth-order valence-electron chi connectivity index (χ4n) is 2.58. The summed E-state index contributed by atoms with van der Waals surface area (Å²) in [4.78, 5) is 0. The van der Waals surface area contributed by atoms with Crippen LogP contribution in [-0.2, 0) is 17.5 Å². The third kappa shape index (κ3) is 4.68. The number of nitrogens with zero attached hydrogens (tertiary/aromatic N) is 2. The molecule has 0 spiro atoms. The Balaban J connectivity index is 1.71. The van der Waals surface area contributed by atoms with E-state index in [0.29, 0.717) is 23.8 Å². The van der Waals surface area contributed by atoms with E-state index in [0.717, 1.165) is 17.7 Å². The van der Waals surface area contributed by atoms with Crippen LogP contribution in [0.25, 0.3) is 0 Å². The lowest BCUT2D eigenvalue weighted by Gasteiger charge is -2.24. The van der Waals surface area contributed by atoms with Gasteiger partial charge in [-0.25, -0.2) is 0 Å².